The van der Waals surface area contributed by atoms with Crippen LogP contribution >= 0.6 is 0 Å². The molecule has 1 fully saturated rings. The van der Waals surface area contributed by atoms with E-state index in [0.29, 0.717) is 6.04 Å². The van der Waals surface area contributed by atoms with Crippen molar-refractivity contribution >= 4 is 0 Å². The minimum Gasteiger partial charge on any atom is -0.381 e. The molecule has 2 aliphatic heterocycles. The standard InChI is InChI=1S/C8H14N2O/c1-4-9-10(5-1)8-2-6-11-7-3-8/h1,4,8-9H,2-3,5-7H2. The first-order chi connectivity index (χ1) is 5.47. The van der Waals surface area contributed by atoms with E-state index in [0.717, 1.165) is 32.6 Å². The topological polar surface area (TPSA) is 24.5 Å². The Balaban J connectivity index is 1.83. The molecule has 62 valence electrons. The fraction of sp³-hybridized carbons (Fsp3) is 0.750. The summed E-state index contributed by atoms with van der Waals surface area (Å²) < 4.78 is 5.28. The molecular weight excluding hydrogens is 140 g/mol. The smallest absolute Gasteiger partial charge is 0.0481 e. The Morgan fingerprint density at radius 1 is 1.36 bits per heavy atom. The number of hydrogen-bond acceptors (Lipinski definition) is 3. The SMILES string of the molecule is C1=CNN(C2CCOCC2)C1. The number of nitrogens with one attached hydrogen (secondary N) is 1. The average molecular weight is 154 g/mol. The fourth-order valence-electron chi connectivity index (χ4n) is 1.62. The van der Waals surface area contributed by atoms with Gasteiger partial charge in [-0.1, -0.05) is 6.08 Å². The van der Waals surface area contributed by atoms with Crippen molar-refractivity contribution in [1.82, 2.24) is 10.4 Å². The summed E-state index contributed by atoms with van der Waals surface area (Å²) >= 11 is 0. The van der Waals surface area contributed by atoms with Gasteiger partial charge in [-0.25, -0.2) is 5.01 Å². The van der Waals surface area contributed by atoms with E-state index in [4.69, 9.17) is 4.74 Å². The number of hydrogen-bond donors (Lipinski definition) is 1. The van der Waals surface area contributed by atoms with Gasteiger partial charge < -0.3 is 10.2 Å². The zero-order valence-corrected chi connectivity index (χ0v) is 6.62. The first kappa shape index (κ1) is 7.13. The molecule has 0 atom stereocenters. The van der Waals surface area contributed by atoms with Crippen molar-refractivity contribution in [2.75, 3.05) is 19.8 Å². The molecule has 0 aromatic rings. The molecule has 2 aliphatic rings. The molecule has 0 bridgehead atoms. The predicted octanol–water partition coefficient (Wildman–Crippen LogP) is 0.499. The second-order valence-corrected chi connectivity index (χ2v) is 3.03. The van der Waals surface area contributed by atoms with Crippen LogP contribution < -0.4 is 5.43 Å². The molecule has 3 nitrogen and oxygen atoms in total. The number of ether oxygens (including phenoxy) is 1. The average Bonchev–Trinajstić information content (AvgIpc) is 2.58. The molecule has 2 heterocycles. The highest BCUT2D eigenvalue weighted by Crippen LogP contribution is 2.13. The number of rotatable bonds is 1. The maximum absolute atomic E-state index is 5.28. The van der Waals surface area contributed by atoms with Gasteiger partial charge in [-0.2, -0.15) is 0 Å². The summed E-state index contributed by atoms with van der Waals surface area (Å²) in [6.45, 7) is 2.89. The highest BCUT2D eigenvalue weighted by Gasteiger charge is 2.21. The molecule has 0 aromatic heterocycles. The third-order valence-corrected chi connectivity index (χ3v) is 2.29. The summed E-state index contributed by atoms with van der Waals surface area (Å²) in [5.74, 6) is 0. The van der Waals surface area contributed by atoms with Gasteiger partial charge in [-0.3, -0.25) is 0 Å². The highest BCUT2D eigenvalue weighted by atomic mass is 16.5. The van der Waals surface area contributed by atoms with Gasteiger partial charge in [0.1, 0.15) is 0 Å². The van der Waals surface area contributed by atoms with Gasteiger partial charge in [0.15, 0.2) is 0 Å². The molecular formula is C8H14N2O. The second kappa shape index (κ2) is 3.24. The summed E-state index contributed by atoms with van der Waals surface area (Å²) in [6.07, 6.45) is 6.48. The molecule has 1 N–H and O–H groups in total. The van der Waals surface area contributed by atoms with Crippen LogP contribution in [0, 0.1) is 0 Å². The second-order valence-electron chi connectivity index (χ2n) is 3.03. The van der Waals surface area contributed by atoms with Crippen molar-refractivity contribution in [3.8, 4) is 0 Å². The molecule has 0 amide bonds. The first-order valence-electron chi connectivity index (χ1n) is 4.22. The lowest BCUT2D eigenvalue weighted by Gasteiger charge is -2.30. The van der Waals surface area contributed by atoms with Crippen LogP contribution in [0.15, 0.2) is 12.3 Å². The lowest BCUT2D eigenvalue weighted by molar-refractivity contribution is 0.0292. The first-order valence-corrected chi connectivity index (χ1v) is 4.22. The quantitative estimate of drug-likeness (QED) is 0.595. The van der Waals surface area contributed by atoms with Crippen molar-refractivity contribution in [1.29, 1.82) is 0 Å². The monoisotopic (exact) mass is 154 g/mol. The normalized spacial score (nSPS) is 27.3. The molecule has 0 unspecified atom stereocenters. The maximum atomic E-state index is 5.28. The van der Waals surface area contributed by atoms with Crippen molar-refractivity contribution < 1.29 is 4.74 Å². The minimum atomic E-state index is 0.679. The van der Waals surface area contributed by atoms with Gasteiger partial charge in [0.05, 0.1) is 0 Å². The summed E-state index contributed by atoms with van der Waals surface area (Å²) in [6, 6.07) is 0.679. The van der Waals surface area contributed by atoms with Crippen LogP contribution in [0.4, 0.5) is 0 Å². The van der Waals surface area contributed by atoms with Crippen LogP contribution in [-0.2, 0) is 4.74 Å². The van der Waals surface area contributed by atoms with Crippen molar-refractivity contribution in [3.63, 3.8) is 0 Å². The van der Waals surface area contributed by atoms with Gasteiger partial charge in [-0.05, 0) is 12.8 Å². The molecule has 11 heavy (non-hydrogen) atoms. The van der Waals surface area contributed by atoms with Gasteiger partial charge >= 0.3 is 0 Å². The Hall–Kier alpha value is -0.540. The van der Waals surface area contributed by atoms with Crippen LogP contribution in [0.25, 0.3) is 0 Å². The molecule has 0 aromatic carbocycles. The molecule has 1 saturated heterocycles. The van der Waals surface area contributed by atoms with E-state index in [1.807, 2.05) is 6.20 Å². The van der Waals surface area contributed by atoms with Gasteiger partial charge in [-0.15, -0.1) is 0 Å². The van der Waals surface area contributed by atoms with Gasteiger partial charge in [0.25, 0.3) is 0 Å². The zero-order valence-electron chi connectivity index (χ0n) is 6.62. The third kappa shape index (κ3) is 1.54. The summed E-state index contributed by atoms with van der Waals surface area (Å²) in [4.78, 5) is 0. The van der Waals surface area contributed by atoms with E-state index in [1.165, 1.54) is 0 Å². The van der Waals surface area contributed by atoms with Gasteiger partial charge in [0.2, 0.25) is 0 Å². The Bertz CT molecular complexity index is 144. The van der Waals surface area contributed by atoms with Crippen LogP contribution in [0.2, 0.25) is 0 Å². The fourth-order valence-corrected chi connectivity index (χ4v) is 1.62. The molecule has 0 radical (unpaired) electrons. The van der Waals surface area contributed by atoms with Crippen LogP contribution in [0.5, 0.6) is 0 Å². The Kier molecular flexibility index (Phi) is 2.10. The summed E-state index contributed by atoms with van der Waals surface area (Å²) in [5, 5.41) is 2.28. The lowest BCUT2D eigenvalue weighted by Crippen LogP contribution is -2.43. The largest absolute Gasteiger partial charge is 0.381 e. The zero-order chi connectivity index (χ0) is 7.52. The third-order valence-electron chi connectivity index (χ3n) is 2.29. The Morgan fingerprint density at radius 2 is 2.18 bits per heavy atom. The summed E-state index contributed by atoms with van der Waals surface area (Å²) in [7, 11) is 0. The van der Waals surface area contributed by atoms with Crippen LogP contribution in [-0.4, -0.2) is 30.8 Å². The highest BCUT2D eigenvalue weighted by molar-refractivity contribution is 4.91. The van der Waals surface area contributed by atoms with E-state index >= 15 is 0 Å². The number of nitrogens with zero attached hydrogens (tertiary/aromatic N) is 1. The minimum absolute atomic E-state index is 0.679. The molecule has 3 heteroatoms. The molecule has 2 rings (SSSR count). The lowest BCUT2D eigenvalue weighted by atomic mass is 10.1. The molecule has 0 saturated carbocycles. The van der Waals surface area contributed by atoms with Crippen LogP contribution in [0.3, 0.4) is 0 Å². The summed E-state index contributed by atoms with van der Waals surface area (Å²) in [5.41, 5.74) is 3.22. The van der Waals surface area contributed by atoms with Crippen molar-refractivity contribution in [2.24, 2.45) is 0 Å². The van der Waals surface area contributed by atoms with E-state index in [2.05, 4.69) is 16.5 Å². The Labute approximate surface area is 67.0 Å². The Morgan fingerprint density at radius 3 is 2.82 bits per heavy atom. The maximum Gasteiger partial charge on any atom is 0.0481 e. The molecule has 0 aliphatic carbocycles. The van der Waals surface area contributed by atoms with E-state index in [1.54, 1.807) is 0 Å². The van der Waals surface area contributed by atoms with E-state index in [-0.39, 0.29) is 0 Å². The van der Waals surface area contributed by atoms with E-state index < -0.39 is 0 Å². The van der Waals surface area contributed by atoms with Crippen LogP contribution in [0.1, 0.15) is 12.8 Å². The molecule has 0 spiro atoms. The number of hydrazine groups is 1. The predicted molar refractivity (Wildman–Crippen MR) is 42.8 cm³/mol. The van der Waals surface area contributed by atoms with E-state index in [9.17, 15) is 0 Å². The van der Waals surface area contributed by atoms with Crippen molar-refractivity contribution in [3.05, 3.63) is 12.3 Å². The van der Waals surface area contributed by atoms with Gasteiger partial charge in [0, 0.05) is 32.0 Å². The van der Waals surface area contributed by atoms with Crippen molar-refractivity contribution in [2.45, 2.75) is 18.9 Å².